The Morgan fingerprint density at radius 2 is 2.05 bits per heavy atom. The minimum absolute atomic E-state index is 0. The van der Waals surface area contributed by atoms with Crippen molar-refractivity contribution in [3.63, 3.8) is 0 Å². The number of fused-ring (bicyclic) bond motifs is 1. The number of ether oxygens (including phenoxy) is 1. The van der Waals surface area contributed by atoms with Crippen LogP contribution in [0, 0.1) is 5.92 Å². The van der Waals surface area contributed by atoms with Crippen molar-refractivity contribution in [2.45, 2.75) is 45.3 Å². The second kappa shape index (κ2) is 7.13. The van der Waals surface area contributed by atoms with Crippen LogP contribution in [-0.4, -0.2) is 17.8 Å². The highest BCUT2D eigenvalue weighted by atomic mass is 35.5. The maximum absolute atomic E-state index is 10.1. The van der Waals surface area contributed by atoms with Crippen molar-refractivity contribution in [1.29, 1.82) is 0 Å². The minimum atomic E-state index is -0.465. The highest BCUT2D eigenvalue weighted by Crippen LogP contribution is 2.29. The van der Waals surface area contributed by atoms with Crippen molar-refractivity contribution in [2.24, 2.45) is 11.7 Å². The molecule has 1 heterocycles. The summed E-state index contributed by atoms with van der Waals surface area (Å²) in [5.41, 5.74) is 8.35. The van der Waals surface area contributed by atoms with E-state index in [2.05, 4.69) is 19.9 Å². The standard InChI is InChI=1S/C15H23NO2.ClH/c1-10(2)3-5-13(17)15(16)12-4-6-14-11(9-12)7-8-18-14;/h4,6,9-10,13,15,17H,3,5,7-8,16H2,1-2H3;1H/t13-,15+;/m1./s1. The molecule has 19 heavy (non-hydrogen) atoms. The summed E-state index contributed by atoms with van der Waals surface area (Å²) in [6, 6.07) is 5.71. The number of aliphatic hydroxyl groups is 1. The van der Waals surface area contributed by atoms with E-state index in [4.69, 9.17) is 10.5 Å². The lowest BCUT2D eigenvalue weighted by molar-refractivity contribution is 0.128. The van der Waals surface area contributed by atoms with Crippen LogP contribution in [0.2, 0.25) is 0 Å². The maximum atomic E-state index is 10.1. The van der Waals surface area contributed by atoms with E-state index in [1.54, 1.807) is 0 Å². The number of halogens is 1. The second-order valence-corrected chi connectivity index (χ2v) is 5.53. The Balaban J connectivity index is 0.00000180. The van der Waals surface area contributed by atoms with Crippen molar-refractivity contribution in [3.05, 3.63) is 29.3 Å². The van der Waals surface area contributed by atoms with Gasteiger partial charge in [-0.05, 0) is 36.0 Å². The third-order valence-corrected chi connectivity index (χ3v) is 3.55. The fourth-order valence-corrected chi connectivity index (χ4v) is 2.32. The van der Waals surface area contributed by atoms with Crippen LogP contribution in [0.4, 0.5) is 0 Å². The molecule has 1 aliphatic rings. The van der Waals surface area contributed by atoms with Gasteiger partial charge in [-0.2, -0.15) is 0 Å². The highest BCUT2D eigenvalue weighted by Gasteiger charge is 2.20. The van der Waals surface area contributed by atoms with Gasteiger partial charge in [-0.25, -0.2) is 0 Å². The summed E-state index contributed by atoms with van der Waals surface area (Å²) in [4.78, 5) is 0. The molecule has 0 unspecified atom stereocenters. The van der Waals surface area contributed by atoms with Crippen LogP contribution in [0.3, 0.4) is 0 Å². The molecule has 0 spiro atoms. The van der Waals surface area contributed by atoms with E-state index in [9.17, 15) is 5.11 Å². The Morgan fingerprint density at radius 1 is 1.32 bits per heavy atom. The largest absolute Gasteiger partial charge is 0.493 e. The molecule has 4 heteroatoms. The van der Waals surface area contributed by atoms with E-state index in [1.807, 2.05) is 12.1 Å². The molecule has 0 fully saturated rings. The van der Waals surface area contributed by atoms with Gasteiger partial charge in [0, 0.05) is 6.42 Å². The zero-order valence-corrected chi connectivity index (χ0v) is 12.5. The topological polar surface area (TPSA) is 55.5 Å². The fourth-order valence-electron chi connectivity index (χ4n) is 2.32. The van der Waals surface area contributed by atoms with Gasteiger partial charge in [0.05, 0.1) is 18.8 Å². The molecular formula is C15H24ClNO2. The molecule has 1 aliphatic heterocycles. The first kappa shape index (κ1) is 16.3. The van der Waals surface area contributed by atoms with Gasteiger partial charge in [0.15, 0.2) is 0 Å². The SMILES string of the molecule is CC(C)CC[C@@H](O)[C@@H](N)c1ccc2c(c1)CCO2.Cl. The van der Waals surface area contributed by atoms with E-state index in [0.29, 0.717) is 5.92 Å². The number of aliphatic hydroxyl groups excluding tert-OH is 1. The molecule has 3 N–H and O–H groups in total. The second-order valence-electron chi connectivity index (χ2n) is 5.53. The number of hydrogen-bond donors (Lipinski definition) is 2. The quantitative estimate of drug-likeness (QED) is 0.875. The average molecular weight is 286 g/mol. The van der Waals surface area contributed by atoms with Crippen molar-refractivity contribution < 1.29 is 9.84 Å². The Bertz CT molecular complexity index is 409. The summed E-state index contributed by atoms with van der Waals surface area (Å²) in [6.07, 6.45) is 2.24. The van der Waals surface area contributed by atoms with E-state index < -0.39 is 6.10 Å². The van der Waals surface area contributed by atoms with Crippen molar-refractivity contribution in [3.8, 4) is 5.75 Å². The fraction of sp³-hybridized carbons (Fsp3) is 0.600. The van der Waals surface area contributed by atoms with Crippen LogP contribution in [0.1, 0.15) is 43.9 Å². The van der Waals surface area contributed by atoms with Crippen LogP contribution in [0.15, 0.2) is 18.2 Å². The molecule has 3 nitrogen and oxygen atoms in total. The molecule has 1 aromatic rings. The van der Waals surface area contributed by atoms with Gasteiger partial charge in [-0.15, -0.1) is 12.4 Å². The van der Waals surface area contributed by atoms with Crippen molar-refractivity contribution in [1.82, 2.24) is 0 Å². The molecule has 0 aromatic heterocycles. The first-order chi connectivity index (χ1) is 8.58. The minimum Gasteiger partial charge on any atom is -0.493 e. The Kier molecular flexibility index (Phi) is 6.11. The smallest absolute Gasteiger partial charge is 0.122 e. The van der Waals surface area contributed by atoms with Gasteiger partial charge in [-0.1, -0.05) is 26.0 Å². The molecule has 2 rings (SSSR count). The molecule has 0 amide bonds. The molecular weight excluding hydrogens is 262 g/mol. The summed E-state index contributed by atoms with van der Waals surface area (Å²) < 4.78 is 5.47. The molecule has 108 valence electrons. The average Bonchev–Trinajstić information content (AvgIpc) is 2.81. The summed E-state index contributed by atoms with van der Waals surface area (Å²) in [5.74, 6) is 1.56. The predicted octanol–water partition coefficient (Wildman–Crippen LogP) is 2.84. The van der Waals surface area contributed by atoms with Gasteiger partial charge in [-0.3, -0.25) is 0 Å². The Labute approximate surface area is 121 Å². The van der Waals surface area contributed by atoms with E-state index in [-0.39, 0.29) is 18.4 Å². The summed E-state index contributed by atoms with van der Waals surface area (Å²) in [7, 11) is 0. The van der Waals surface area contributed by atoms with Gasteiger partial charge in [0.2, 0.25) is 0 Å². The Hall–Kier alpha value is -0.770. The molecule has 0 saturated heterocycles. The zero-order valence-electron chi connectivity index (χ0n) is 11.6. The van der Waals surface area contributed by atoms with Crippen molar-refractivity contribution >= 4 is 12.4 Å². The summed E-state index contributed by atoms with van der Waals surface area (Å²) in [6.45, 7) is 5.07. The third kappa shape index (κ3) is 4.10. The lowest BCUT2D eigenvalue weighted by Crippen LogP contribution is -2.26. The lowest BCUT2D eigenvalue weighted by Gasteiger charge is -2.20. The zero-order chi connectivity index (χ0) is 13.1. The van der Waals surface area contributed by atoms with E-state index >= 15 is 0 Å². The summed E-state index contributed by atoms with van der Waals surface area (Å²) >= 11 is 0. The third-order valence-electron chi connectivity index (χ3n) is 3.55. The monoisotopic (exact) mass is 285 g/mol. The van der Waals surface area contributed by atoms with E-state index in [0.717, 1.165) is 37.2 Å². The van der Waals surface area contributed by atoms with Gasteiger partial charge < -0.3 is 15.6 Å². The van der Waals surface area contributed by atoms with Crippen LogP contribution >= 0.6 is 12.4 Å². The normalized spacial score (nSPS) is 16.5. The predicted molar refractivity (Wildman–Crippen MR) is 79.9 cm³/mol. The lowest BCUT2D eigenvalue weighted by atomic mass is 9.94. The van der Waals surface area contributed by atoms with E-state index in [1.165, 1.54) is 5.56 Å². The first-order valence-electron chi connectivity index (χ1n) is 6.77. The molecule has 2 atom stereocenters. The molecule has 0 saturated carbocycles. The molecule has 0 radical (unpaired) electrons. The van der Waals surface area contributed by atoms with Crippen LogP contribution in [0.5, 0.6) is 5.75 Å². The number of hydrogen-bond acceptors (Lipinski definition) is 3. The van der Waals surface area contributed by atoms with Crippen LogP contribution < -0.4 is 10.5 Å². The number of rotatable bonds is 5. The van der Waals surface area contributed by atoms with Crippen molar-refractivity contribution in [2.75, 3.05) is 6.61 Å². The number of benzene rings is 1. The highest BCUT2D eigenvalue weighted by molar-refractivity contribution is 5.85. The van der Waals surface area contributed by atoms with Gasteiger partial charge in [0.1, 0.15) is 5.75 Å². The van der Waals surface area contributed by atoms with Crippen LogP contribution in [0.25, 0.3) is 0 Å². The maximum Gasteiger partial charge on any atom is 0.122 e. The Morgan fingerprint density at radius 3 is 2.74 bits per heavy atom. The summed E-state index contributed by atoms with van der Waals surface area (Å²) in [5, 5.41) is 10.1. The van der Waals surface area contributed by atoms with Gasteiger partial charge in [0.25, 0.3) is 0 Å². The van der Waals surface area contributed by atoms with Gasteiger partial charge >= 0.3 is 0 Å². The van der Waals surface area contributed by atoms with Crippen LogP contribution in [-0.2, 0) is 6.42 Å². The molecule has 0 aliphatic carbocycles. The molecule has 0 bridgehead atoms. The number of nitrogens with two attached hydrogens (primary N) is 1. The molecule has 1 aromatic carbocycles. The first-order valence-corrected chi connectivity index (χ1v) is 6.77.